The van der Waals surface area contributed by atoms with Gasteiger partial charge in [-0.3, -0.25) is 4.90 Å². The van der Waals surface area contributed by atoms with Crippen LogP contribution in [0.25, 0.3) is 21.3 Å². The van der Waals surface area contributed by atoms with Gasteiger partial charge in [0, 0.05) is 18.0 Å². The summed E-state index contributed by atoms with van der Waals surface area (Å²) in [5.41, 5.74) is 4.51. The summed E-state index contributed by atoms with van der Waals surface area (Å²) in [4.78, 5) is 22.7. The fourth-order valence-electron chi connectivity index (χ4n) is 3.93. The van der Waals surface area contributed by atoms with Gasteiger partial charge >= 0.3 is 0 Å². The average molecular weight is 423 g/mol. The van der Waals surface area contributed by atoms with Gasteiger partial charge in [0.25, 0.3) is 0 Å². The topological polar surface area (TPSA) is 79.0 Å². The smallest absolute Gasteiger partial charge is 0.146 e. The monoisotopic (exact) mass is 422 g/mol. The summed E-state index contributed by atoms with van der Waals surface area (Å²) in [5.74, 6) is 2.65. The van der Waals surface area contributed by atoms with E-state index in [-0.39, 0.29) is 0 Å². The highest BCUT2D eigenvalue weighted by molar-refractivity contribution is 7.18. The Hall–Kier alpha value is -2.55. The molecule has 5 rings (SSSR count). The molecule has 4 heterocycles. The molecule has 0 atom stereocenters. The number of hydrogen-bond acceptors (Lipinski definition) is 7. The van der Waals surface area contributed by atoms with Crippen molar-refractivity contribution in [3.05, 3.63) is 45.9 Å². The van der Waals surface area contributed by atoms with E-state index in [2.05, 4.69) is 54.2 Å². The molecule has 1 aliphatic heterocycles. The van der Waals surface area contributed by atoms with Crippen LogP contribution in [0, 0.1) is 20.8 Å². The number of aromatic nitrogens is 4. The minimum absolute atomic E-state index is 0.589. The Balaban J connectivity index is 1.45. The molecule has 4 aromatic rings. The van der Waals surface area contributed by atoms with Gasteiger partial charge in [0.05, 0.1) is 42.7 Å². The standard InChI is InChI=1S/C22H26N6OS/c1-13-5-4-6-16-20(13)25-17(24-16)11-23-21-19-14(2)15(3)30-22(19)27-18(26-21)12-28-7-9-29-10-8-28/h4-6H,7-12H2,1-3H3,(H,24,25)(H,23,26,27). The highest BCUT2D eigenvalue weighted by atomic mass is 32.1. The van der Waals surface area contributed by atoms with E-state index in [1.807, 2.05) is 0 Å². The Labute approximate surface area is 179 Å². The largest absolute Gasteiger partial charge is 0.379 e. The zero-order valence-corrected chi connectivity index (χ0v) is 18.4. The molecule has 1 aromatic carbocycles. The van der Waals surface area contributed by atoms with Crippen molar-refractivity contribution in [1.82, 2.24) is 24.8 Å². The molecule has 8 heteroatoms. The van der Waals surface area contributed by atoms with Crippen LogP contribution < -0.4 is 5.32 Å². The van der Waals surface area contributed by atoms with Gasteiger partial charge in [0.2, 0.25) is 0 Å². The van der Waals surface area contributed by atoms with Crippen molar-refractivity contribution < 1.29 is 4.74 Å². The van der Waals surface area contributed by atoms with Crippen molar-refractivity contribution >= 4 is 38.4 Å². The van der Waals surface area contributed by atoms with E-state index in [1.165, 1.54) is 16.0 Å². The molecule has 3 aromatic heterocycles. The third kappa shape index (κ3) is 3.66. The molecular weight excluding hydrogens is 396 g/mol. The first-order chi connectivity index (χ1) is 14.6. The van der Waals surface area contributed by atoms with Gasteiger partial charge in [-0.05, 0) is 38.0 Å². The third-order valence-electron chi connectivity index (χ3n) is 5.73. The van der Waals surface area contributed by atoms with E-state index in [1.54, 1.807) is 11.3 Å². The first kappa shape index (κ1) is 19.4. The van der Waals surface area contributed by atoms with Crippen molar-refractivity contribution in [2.24, 2.45) is 0 Å². The van der Waals surface area contributed by atoms with Crippen LogP contribution in [0.5, 0.6) is 0 Å². The number of imidazole rings is 1. The van der Waals surface area contributed by atoms with Crippen molar-refractivity contribution in [2.75, 3.05) is 31.6 Å². The molecule has 0 unspecified atom stereocenters. The average Bonchev–Trinajstić information content (AvgIpc) is 3.29. The Bertz CT molecular complexity index is 1210. The summed E-state index contributed by atoms with van der Waals surface area (Å²) in [6.45, 7) is 11.1. The van der Waals surface area contributed by atoms with E-state index in [4.69, 9.17) is 19.7 Å². The quantitative estimate of drug-likeness (QED) is 0.507. The number of anilines is 1. The first-order valence-electron chi connectivity index (χ1n) is 10.3. The van der Waals surface area contributed by atoms with Crippen LogP contribution in [0.3, 0.4) is 0 Å². The van der Waals surface area contributed by atoms with Crippen LogP contribution >= 0.6 is 11.3 Å². The van der Waals surface area contributed by atoms with Crippen molar-refractivity contribution in [3.63, 3.8) is 0 Å². The minimum atomic E-state index is 0.589. The van der Waals surface area contributed by atoms with Gasteiger partial charge in [0.15, 0.2) is 0 Å². The van der Waals surface area contributed by atoms with Crippen LogP contribution in [0.4, 0.5) is 5.82 Å². The lowest BCUT2D eigenvalue weighted by molar-refractivity contribution is 0.0331. The number of ether oxygens (including phenoxy) is 1. The summed E-state index contributed by atoms with van der Waals surface area (Å²) >= 11 is 1.74. The molecule has 0 radical (unpaired) electrons. The van der Waals surface area contributed by atoms with E-state index >= 15 is 0 Å². The SMILES string of the molecule is Cc1sc2nc(CN3CCOCC3)nc(NCc3nc4c(C)cccc4[nH]3)c2c1C. The molecular formula is C22H26N6OS. The summed E-state index contributed by atoms with van der Waals surface area (Å²) in [7, 11) is 0. The number of hydrogen-bond donors (Lipinski definition) is 2. The van der Waals surface area contributed by atoms with E-state index in [0.717, 1.165) is 71.6 Å². The number of rotatable bonds is 5. The number of aromatic amines is 1. The third-order valence-corrected chi connectivity index (χ3v) is 6.83. The van der Waals surface area contributed by atoms with Gasteiger partial charge in [-0.2, -0.15) is 0 Å². The lowest BCUT2D eigenvalue weighted by atomic mass is 10.2. The molecule has 7 nitrogen and oxygen atoms in total. The maximum atomic E-state index is 5.47. The van der Waals surface area contributed by atoms with Gasteiger partial charge < -0.3 is 15.0 Å². The Kier molecular flexibility index (Phi) is 5.14. The first-order valence-corrected chi connectivity index (χ1v) is 11.1. The molecule has 1 saturated heterocycles. The molecule has 0 saturated carbocycles. The Morgan fingerprint density at radius 3 is 2.77 bits per heavy atom. The van der Waals surface area contributed by atoms with E-state index in [9.17, 15) is 0 Å². The predicted octanol–water partition coefficient (Wildman–Crippen LogP) is 3.94. The fraction of sp³-hybridized carbons (Fsp3) is 0.409. The molecule has 0 bridgehead atoms. The number of benzene rings is 1. The van der Waals surface area contributed by atoms with E-state index < -0.39 is 0 Å². The zero-order chi connectivity index (χ0) is 20.7. The normalized spacial score (nSPS) is 15.3. The second kappa shape index (κ2) is 7.94. The number of para-hydroxylation sites is 1. The van der Waals surface area contributed by atoms with Crippen LogP contribution in [0.15, 0.2) is 18.2 Å². The van der Waals surface area contributed by atoms with Crippen LogP contribution in [-0.2, 0) is 17.8 Å². The molecule has 156 valence electrons. The van der Waals surface area contributed by atoms with Gasteiger partial charge in [-0.1, -0.05) is 12.1 Å². The number of morpholine rings is 1. The number of aryl methyl sites for hydroxylation is 3. The van der Waals surface area contributed by atoms with Gasteiger partial charge in [0.1, 0.15) is 22.3 Å². The number of fused-ring (bicyclic) bond motifs is 2. The molecule has 1 fully saturated rings. The summed E-state index contributed by atoms with van der Waals surface area (Å²) < 4.78 is 5.47. The molecule has 0 aliphatic carbocycles. The summed E-state index contributed by atoms with van der Waals surface area (Å²) in [6, 6.07) is 6.20. The molecule has 0 amide bonds. The molecule has 1 aliphatic rings. The maximum Gasteiger partial charge on any atom is 0.146 e. The summed E-state index contributed by atoms with van der Waals surface area (Å²) in [6.07, 6.45) is 0. The number of thiophene rings is 1. The number of H-pyrrole nitrogens is 1. The number of nitrogens with zero attached hydrogens (tertiary/aromatic N) is 4. The fourth-order valence-corrected chi connectivity index (χ4v) is 4.98. The minimum Gasteiger partial charge on any atom is -0.379 e. The van der Waals surface area contributed by atoms with Crippen LogP contribution in [0.1, 0.15) is 27.7 Å². The lowest BCUT2D eigenvalue weighted by Crippen LogP contribution is -2.36. The highest BCUT2D eigenvalue weighted by Gasteiger charge is 2.18. The predicted molar refractivity (Wildman–Crippen MR) is 121 cm³/mol. The highest BCUT2D eigenvalue weighted by Crippen LogP contribution is 2.33. The Morgan fingerprint density at radius 1 is 1.13 bits per heavy atom. The van der Waals surface area contributed by atoms with Gasteiger partial charge in [-0.25, -0.2) is 15.0 Å². The lowest BCUT2D eigenvalue weighted by Gasteiger charge is -2.25. The van der Waals surface area contributed by atoms with Crippen molar-refractivity contribution in [3.8, 4) is 0 Å². The Morgan fingerprint density at radius 2 is 1.97 bits per heavy atom. The van der Waals surface area contributed by atoms with Crippen LogP contribution in [0.2, 0.25) is 0 Å². The van der Waals surface area contributed by atoms with Crippen LogP contribution in [-0.4, -0.2) is 51.1 Å². The molecule has 0 spiro atoms. The van der Waals surface area contributed by atoms with Crippen molar-refractivity contribution in [2.45, 2.75) is 33.9 Å². The zero-order valence-electron chi connectivity index (χ0n) is 17.6. The second-order valence-electron chi connectivity index (χ2n) is 7.85. The summed E-state index contributed by atoms with van der Waals surface area (Å²) in [5, 5.41) is 4.66. The van der Waals surface area contributed by atoms with E-state index in [0.29, 0.717) is 6.54 Å². The second-order valence-corrected chi connectivity index (χ2v) is 9.05. The maximum absolute atomic E-state index is 5.47. The number of nitrogens with one attached hydrogen (secondary N) is 2. The molecule has 2 N–H and O–H groups in total. The van der Waals surface area contributed by atoms with Gasteiger partial charge in [-0.15, -0.1) is 11.3 Å². The molecule has 30 heavy (non-hydrogen) atoms. The van der Waals surface area contributed by atoms with Crippen molar-refractivity contribution in [1.29, 1.82) is 0 Å².